The number of hydrogen-bond acceptors (Lipinski definition) is 0. The fourth-order valence-electron chi connectivity index (χ4n) is 2.07. The van der Waals surface area contributed by atoms with Crippen molar-refractivity contribution in [3.63, 3.8) is 0 Å². The Balaban J connectivity index is 2.26. The van der Waals surface area contributed by atoms with Crippen molar-refractivity contribution in [3.05, 3.63) is 11.4 Å². The lowest BCUT2D eigenvalue weighted by Gasteiger charge is -2.15. The van der Waals surface area contributed by atoms with Gasteiger partial charge in [0.15, 0.2) is 0 Å². The van der Waals surface area contributed by atoms with E-state index in [2.05, 4.69) is 18.7 Å². The smallest absolute Gasteiger partial charge is 0.214 e. The van der Waals surface area contributed by atoms with Crippen LogP contribution in [0.1, 0.15) is 39.5 Å². The van der Waals surface area contributed by atoms with Gasteiger partial charge < -0.3 is 4.85 Å². The van der Waals surface area contributed by atoms with Crippen molar-refractivity contribution in [1.29, 1.82) is 0 Å². The summed E-state index contributed by atoms with van der Waals surface area (Å²) >= 11 is 0. The zero-order valence-corrected chi connectivity index (χ0v) is 7.56. The van der Waals surface area contributed by atoms with Gasteiger partial charge in [0.2, 0.25) is 6.54 Å². The van der Waals surface area contributed by atoms with Crippen LogP contribution in [0.25, 0.3) is 4.85 Å². The molecule has 1 unspecified atom stereocenters. The zero-order chi connectivity index (χ0) is 8.32. The second-order valence-electron chi connectivity index (χ2n) is 4.44. The first-order valence-electron chi connectivity index (χ1n) is 4.47. The lowest BCUT2D eigenvalue weighted by molar-refractivity contribution is 0.357. The van der Waals surface area contributed by atoms with Crippen LogP contribution < -0.4 is 0 Å². The summed E-state index contributed by atoms with van der Waals surface area (Å²) in [5, 5.41) is 0. The molecule has 1 aliphatic carbocycles. The molecule has 11 heavy (non-hydrogen) atoms. The van der Waals surface area contributed by atoms with E-state index in [1.54, 1.807) is 0 Å². The molecule has 1 rings (SSSR count). The Morgan fingerprint density at radius 2 is 2.27 bits per heavy atom. The van der Waals surface area contributed by atoms with Crippen molar-refractivity contribution >= 4 is 0 Å². The summed E-state index contributed by atoms with van der Waals surface area (Å²) in [6, 6.07) is 0. The topological polar surface area (TPSA) is 4.36 Å². The summed E-state index contributed by atoms with van der Waals surface area (Å²) in [4.78, 5) is 3.40. The van der Waals surface area contributed by atoms with E-state index in [0.717, 1.165) is 18.9 Å². The molecule has 0 N–H and O–H groups in total. The summed E-state index contributed by atoms with van der Waals surface area (Å²) in [5.74, 6) is 0.846. The van der Waals surface area contributed by atoms with Gasteiger partial charge in [0, 0.05) is 6.42 Å². The number of rotatable bonds is 2. The average Bonchev–Trinajstić information content (AvgIpc) is 2.26. The molecule has 1 atom stereocenters. The van der Waals surface area contributed by atoms with Gasteiger partial charge in [-0.15, -0.1) is 0 Å². The van der Waals surface area contributed by atoms with Crippen LogP contribution in [-0.4, -0.2) is 6.54 Å². The van der Waals surface area contributed by atoms with E-state index in [1.807, 2.05) is 0 Å². The van der Waals surface area contributed by atoms with Gasteiger partial charge in [0.25, 0.3) is 0 Å². The van der Waals surface area contributed by atoms with Crippen molar-refractivity contribution in [1.82, 2.24) is 0 Å². The SMILES string of the molecule is [C-]#[N+]CCC1CCC(C)(C)C1. The molecule has 0 saturated heterocycles. The van der Waals surface area contributed by atoms with Gasteiger partial charge in [-0.2, -0.15) is 0 Å². The Bertz CT molecular complexity index is 164. The van der Waals surface area contributed by atoms with Gasteiger partial charge in [-0.3, -0.25) is 0 Å². The molecule has 1 saturated carbocycles. The molecule has 1 heteroatoms. The van der Waals surface area contributed by atoms with Crippen molar-refractivity contribution in [2.24, 2.45) is 11.3 Å². The largest absolute Gasteiger partial charge is 0.317 e. The highest BCUT2D eigenvalue weighted by Gasteiger charge is 2.30. The van der Waals surface area contributed by atoms with Gasteiger partial charge in [0.05, 0.1) is 0 Å². The maximum Gasteiger partial charge on any atom is 0.214 e. The summed E-state index contributed by atoms with van der Waals surface area (Å²) in [7, 11) is 0. The highest BCUT2D eigenvalue weighted by molar-refractivity contribution is 4.83. The van der Waals surface area contributed by atoms with Crippen LogP contribution in [0, 0.1) is 17.9 Å². The summed E-state index contributed by atoms with van der Waals surface area (Å²) in [5.41, 5.74) is 0.562. The van der Waals surface area contributed by atoms with Gasteiger partial charge in [-0.1, -0.05) is 13.8 Å². The standard InChI is InChI=1S/C10H17N/c1-10(2)6-4-9(8-10)5-7-11-3/h9H,4-8H2,1-2H3. The van der Waals surface area contributed by atoms with E-state index in [0.29, 0.717) is 5.41 Å². The van der Waals surface area contributed by atoms with Crippen LogP contribution in [0.2, 0.25) is 0 Å². The minimum absolute atomic E-state index is 0.562. The van der Waals surface area contributed by atoms with E-state index < -0.39 is 0 Å². The highest BCUT2D eigenvalue weighted by atomic mass is 14.6. The molecular formula is C10H17N. The Labute approximate surface area is 69.6 Å². The van der Waals surface area contributed by atoms with Crippen LogP contribution in [0.15, 0.2) is 0 Å². The zero-order valence-electron chi connectivity index (χ0n) is 7.56. The molecule has 0 aromatic carbocycles. The molecule has 0 spiro atoms. The van der Waals surface area contributed by atoms with Crippen molar-refractivity contribution in [2.75, 3.05) is 6.54 Å². The van der Waals surface area contributed by atoms with E-state index in [9.17, 15) is 0 Å². The molecule has 0 aromatic rings. The number of nitrogens with zero attached hydrogens (tertiary/aromatic N) is 1. The first kappa shape index (κ1) is 8.59. The summed E-state index contributed by atoms with van der Waals surface area (Å²) in [6.07, 6.45) is 5.17. The van der Waals surface area contributed by atoms with Crippen LogP contribution in [-0.2, 0) is 0 Å². The van der Waals surface area contributed by atoms with Gasteiger partial charge >= 0.3 is 0 Å². The highest BCUT2D eigenvalue weighted by Crippen LogP contribution is 2.42. The third-order valence-electron chi connectivity index (χ3n) is 2.72. The van der Waals surface area contributed by atoms with Crippen LogP contribution in [0.5, 0.6) is 0 Å². The quantitative estimate of drug-likeness (QED) is 0.534. The molecular weight excluding hydrogens is 134 g/mol. The first-order valence-corrected chi connectivity index (χ1v) is 4.47. The Hall–Kier alpha value is -0.510. The first-order chi connectivity index (χ1) is 5.14. The van der Waals surface area contributed by atoms with E-state index >= 15 is 0 Å². The van der Waals surface area contributed by atoms with Crippen molar-refractivity contribution in [2.45, 2.75) is 39.5 Å². The molecule has 1 aliphatic rings. The molecule has 0 aromatic heterocycles. The molecule has 0 radical (unpaired) electrons. The van der Waals surface area contributed by atoms with E-state index in [4.69, 9.17) is 6.57 Å². The second-order valence-corrected chi connectivity index (χ2v) is 4.44. The monoisotopic (exact) mass is 151 g/mol. The average molecular weight is 151 g/mol. The molecule has 0 bridgehead atoms. The van der Waals surface area contributed by atoms with Crippen LogP contribution in [0.3, 0.4) is 0 Å². The predicted octanol–water partition coefficient (Wildman–Crippen LogP) is 3.12. The summed E-state index contributed by atoms with van der Waals surface area (Å²) in [6.45, 7) is 12.1. The van der Waals surface area contributed by atoms with Gasteiger partial charge in [0.1, 0.15) is 0 Å². The predicted molar refractivity (Wildman–Crippen MR) is 47.2 cm³/mol. The Morgan fingerprint density at radius 1 is 1.55 bits per heavy atom. The maximum atomic E-state index is 6.69. The second kappa shape index (κ2) is 3.26. The van der Waals surface area contributed by atoms with Gasteiger partial charge in [-0.25, -0.2) is 6.57 Å². The van der Waals surface area contributed by atoms with Crippen molar-refractivity contribution in [3.8, 4) is 0 Å². The molecule has 1 fully saturated rings. The van der Waals surface area contributed by atoms with Crippen LogP contribution >= 0.6 is 0 Å². The fourth-order valence-corrected chi connectivity index (χ4v) is 2.07. The lowest BCUT2D eigenvalue weighted by Crippen LogP contribution is -2.05. The van der Waals surface area contributed by atoms with E-state index in [-0.39, 0.29) is 0 Å². The third kappa shape index (κ3) is 2.54. The molecule has 1 nitrogen and oxygen atoms in total. The number of hydrogen-bond donors (Lipinski definition) is 0. The van der Waals surface area contributed by atoms with E-state index in [1.165, 1.54) is 19.3 Å². The maximum absolute atomic E-state index is 6.69. The minimum atomic E-state index is 0.562. The Morgan fingerprint density at radius 3 is 2.73 bits per heavy atom. The normalized spacial score (nSPS) is 28.3. The van der Waals surface area contributed by atoms with Crippen LogP contribution in [0.4, 0.5) is 0 Å². The minimum Gasteiger partial charge on any atom is -0.317 e. The van der Waals surface area contributed by atoms with Crippen molar-refractivity contribution < 1.29 is 0 Å². The summed E-state index contributed by atoms with van der Waals surface area (Å²) < 4.78 is 0. The molecule has 0 amide bonds. The lowest BCUT2D eigenvalue weighted by atomic mass is 9.90. The fraction of sp³-hybridized carbons (Fsp3) is 0.900. The molecule has 0 heterocycles. The molecule has 62 valence electrons. The Kier molecular flexibility index (Phi) is 2.54. The molecule has 0 aliphatic heterocycles. The van der Waals surface area contributed by atoms with Gasteiger partial charge in [-0.05, 0) is 30.6 Å². The third-order valence-corrected chi connectivity index (χ3v) is 2.72.